The summed E-state index contributed by atoms with van der Waals surface area (Å²) in [6.07, 6.45) is 8.93. The first kappa shape index (κ1) is 28.2. The van der Waals surface area contributed by atoms with Crippen LogP contribution in [0.2, 0.25) is 0 Å². The predicted octanol–water partition coefficient (Wildman–Crippen LogP) is 5.50. The van der Waals surface area contributed by atoms with E-state index in [1.165, 1.54) is 41.0 Å². The summed E-state index contributed by atoms with van der Waals surface area (Å²) in [5.41, 5.74) is 0.536. The van der Waals surface area contributed by atoms with Crippen LogP contribution >= 0.6 is 19.8 Å². The zero-order chi connectivity index (χ0) is 24.7. The van der Waals surface area contributed by atoms with Crippen molar-refractivity contribution in [2.24, 2.45) is 17.8 Å². The topological polar surface area (TPSA) is 51.2 Å². The molecular formula is C27H49IN2O4. The molecule has 1 saturated carbocycles. The van der Waals surface area contributed by atoms with Crippen molar-refractivity contribution in [2.75, 3.05) is 54.4 Å². The number of methoxy groups -OCH3 is 1. The van der Waals surface area contributed by atoms with E-state index in [9.17, 15) is 4.79 Å². The zero-order valence-corrected chi connectivity index (χ0v) is 24.7. The fraction of sp³-hybridized carbons (Fsp3) is 0.889. The van der Waals surface area contributed by atoms with Crippen LogP contribution in [-0.4, -0.2) is 75.8 Å². The second-order valence-corrected chi connectivity index (χ2v) is 17.0. The summed E-state index contributed by atoms with van der Waals surface area (Å²) in [4.78, 5) is 23.9. The van der Waals surface area contributed by atoms with E-state index in [4.69, 9.17) is 14.3 Å². The fourth-order valence-electron chi connectivity index (χ4n) is 6.10. The van der Waals surface area contributed by atoms with Crippen molar-refractivity contribution in [1.29, 1.82) is 0 Å². The molecule has 2 heterocycles. The molecular weight excluding hydrogens is 543 g/mol. The molecule has 0 aromatic heterocycles. The summed E-state index contributed by atoms with van der Waals surface area (Å²) in [6, 6.07) is 0. The molecule has 2 aliphatic heterocycles. The van der Waals surface area contributed by atoms with Gasteiger partial charge in [0.1, 0.15) is 0 Å². The number of hydrogen-bond donors (Lipinski definition) is 0. The van der Waals surface area contributed by atoms with Gasteiger partial charge in [-0.05, 0) is 0 Å². The molecule has 0 N–H and O–H groups in total. The van der Waals surface area contributed by atoms with Gasteiger partial charge in [-0.2, -0.15) is 0 Å². The SMILES string of the molecule is COCN1C(=O)C(CC(C)CI(C)CC(C)C)=C(OCC2CCCCC2)C12CCN(OC)CC2. The Bertz CT molecular complexity index is 684. The van der Waals surface area contributed by atoms with Gasteiger partial charge in [-0.3, -0.25) is 0 Å². The van der Waals surface area contributed by atoms with E-state index < -0.39 is 25.4 Å². The summed E-state index contributed by atoms with van der Waals surface area (Å²) >= 11 is -0.963. The molecule has 0 aromatic rings. The number of rotatable bonds is 12. The quantitative estimate of drug-likeness (QED) is 0.222. The summed E-state index contributed by atoms with van der Waals surface area (Å²) in [5.74, 6) is 3.01. The van der Waals surface area contributed by atoms with Crippen LogP contribution in [0.4, 0.5) is 0 Å². The molecule has 3 aliphatic rings. The number of nitrogens with zero attached hydrogens (tertiary/aromatic N) is 2. The maximum absolute atomic E-state index is 13.9. The molecule has 1 saturated heterocycles. The molecule has 1 spiro atoms. The molecule has 1 atom stereocenters. The Labute approximate surface area is 215 Å². The van der Waals surface area contributed by atoms with Gasteiger partial charge in [0.2, 0.25) is 0 Å². The van der Waals surface area contributed by atoms with Crippen LogP contribution in [0.15, 0.2) is 11.3 Å². The molecule has 6 nitrogen and oxygen atoms in total. The van der Waals surface area contributed by atoms with E-state index in [2.05, 4.69) is 25.7 Å². The number of carbonyl (C=O) groups is 1. The standard InChI is InChI=1S/C27H49IN2O4/c1-21(2)17-28(4)18-22(3)16-24-25(34-19-23-10-8-7-9-11-23)27(30(20-32-5)26(24)31)12-14-29(33-6)15-13-27/h21-23H,7-20H2,1-6H3. The van der Waals surface area contributed by atoms with E-state index in [1.54, 1.807) is 14.2 Å². The third kappa shape index (κ3) is 6.88. The Morgan fingerprint density at radius 3 is 2.32 bits per heavy atom. The minimum atomic E-state index is -0.963. The van der Waals surface area contributed by atoms with E-state index in [0.29, 0.717) is 18.6 Å². The number of hydrogen-bond acceptors (Lipinski definition) is 5. The van der Waals surface area contributed by atoms with E-state index in [-0.39, 0.29) is 5.91 Å². The second kappa shape index (κ2) is 13.2. The van der Waals surface area contributed by atoms with E-state index >= 15 is 0 Å². The van der Waals surface area contributed by atoms with E-state index in [0.717, 1.165) is 56.2 Å². The van der Waals surface area contributed by atoms with Crippen molar-refractivity contribution >= 4 is 25.7 Å². The van der Waals surface area contributed by atoms with Crippen molar-refractivity contribution < 1.29 is 19.1 Å². The van der Waals surface area contributed by atoms with Gasteiger partial charge in [0, 0.05) is 0 Å². The predicted molar refractivity (Wildman–Crippen MR) is 147 cm³/mol. The monoisotopic (exact) mass is 592 g/mol. The van der Waals surface area contributed by atoms with Crippen LogP contribution in [0.5, 0.6) is 0 Å². The first-order valence-corrected chi connectivity index (χ1v) is 18.5. The molecule has 0 bridgehead atoms. The zero-order valence-electron chi connectivity index (χ0n) is 22.5. The fourth-order valence-corrected chi connectivity index (χ4v) is 12.3. The van der Waals surface area contributed by atoms with Crippen molar-refractivity contribution in [3.05, 3.63) is 11.3 Å². The number of carbonyl (C=O) groups excluding carboxylic acids is 1. The molecule has 2 fully saturated rings. The average molecular weight is 593 g/mol. The summed E-state index contributed by atoms with van der Waals surface area (Å²) in [5, 5.41) is 2.00. The van der Waals surface area contributed by atoms with Gasteiger partial charge >= 0.3 is 216 Å². The van der Waals surface area contributed by atoms with Crippen LogP contribution in [-0.2, 0) is 19.1 Å². The third-order valence-electron chi connectivity index (χ3n) is 7.62. The molecule has 7 heteroatoms. The van der Waals surface area contributed by atoms with E-state index in [1.807, 2.05) is 9.96 Å². The van der Waals surface area contributed by atoms with Gasteiger partial charge in [0.15, 0.2) is 0 Å². The van der Waals surface area contributed by atoms with Crippen molar-refractivity contribution in [2.45, 2.75) is 77.7 Å². The van der Waals surface area contributed by atoms with Crippen molar-refractivity contribution in [3.8, 4) is 0 Å². The van der Waals surface area contributed by atoms with Crippen LogP contribution in [0, 0.1) is 17.8 Å². The summed E-state index contributed by atoms with van der Waals surface area (Å²) in [7, 11) is 3.42. The number of halogens is 1. The molecule has 0 aromatic carbocycles. The first-order chi connectivity index (χ1) is 16.3. The van der Waals surface area contributed by atoms with Crippen LogP contribution in [0.25, 0.3) is 0 Å². The third-order valence-corrected chi connectivity index (χ3v) is 13.9. The van der Waals surface area contributed by atoms with Crippen LogP contribution < -0.4 is 0 Å². The Balaban J connectivity index is 1.85. The minimum absolute atomic E-state index is 0.138. The number of hydroxylamine groups is 2. The van der Waals surface area contributed by atoms with Gasteiger partial charge in [-0.25, -0.2) is 0 Å². The number of amides is 1. The Morgan fingerprint density at radius 1 is 1.06 bits per heavy atom. The Morgan fingerprint density at radius 2 is 1.74 bits per heavy atom. The van der Waals surface area contributed by atoms with Gasteiger partial charge < -0.3 is 0 Å². The van der Waals surface area contributed by atoms with Crippen LogP contribution in [0.1, 0.15) is 72.1 Å². The molecule has 1 unspecified atom stereocenters. The van der Waals surface area contributed by atoms with Gasteiger partial charge in [-0.15, -0.1) is 0 Å². The Hall–Kier alpha value is -0.380. The van der Waals surface area contributed by atoms with Crippen LogP contribution in [0.3, 0.4) is 0 Å². The van der Waals surface area contributed by atoms with Gasteiger partial charge in [-0.1, -0.05) is 0 Å². The molecule has 1 amide bonds. The molecule has 0 radical (unpaired) electrons. The average Bonchev–Trinajstić information content (AvgIpc) is 3.00. The normalized spacial score (nSPS) is 23.3. The number of ether oxygens (including phenoxy) is 2. The maximum atomic E-state index is 13.9. The summed E-state index contributed by atoms with van der Waals surface area (Å²) < 4.78 is 15.0. The number of alkyl halides is 3. The first-order valence-electron chi connectivity index (χ1n) is 13.3. The second-order valence-electron chi connectivity index (χ2n) is 11.2. The van der Waals surface area contributed by atoms with Gasteiger partial charge in [0.05, 0.1) is 0 Å². The summed E-state index contributed by atoms with van der Waals surface area (Å²) in [6.45, 7) is 9.66. The number of piperidine rings is 1. The Kier molecular flexibility index (Phi) is 11.0. The molecule has 3 rings (SSSR count). The molecule has 198 valence electrons. The van der Waals surface area contributed by atoms with Crippen molar-refractivity contribution in [3.63, 3.8) is 0 Å². The van der Waals surface area contributed by atoms with Gasteiger partial charge in [0.25, 0.3) is 0 Å². The van der Waals surface area contributed by atoms with Crippen molar-refractivity contribution in [1.82, 2.24) is 9.96 Å². The molecule has 34 heavy (non-hydrogen) atoms. The molecule has 1 aliphatic carbocycles.